The molecule has 3 atom stereocenters. The van der Waals surface area contributed by atoms with Crippen LogP contribution in [0.2, 0.25) is 0 Å². The Labute approximate surface area is 227 Å². The highest BCUT2D eigenvalue weighted by molar-refractivity contribution is 6.32. The van der Waals surface area contributed by atoms with E-state index < -0.39 is 0 Å². The van der Waals surface area contributed by atoms with Gasteiger partial charge in [-0.1, -0.05) is 73.1 Å². The molecular weight excluding hydrogens is 476 g/mol. The number of rotatable bonds is 8. The van der Waals surface area contributed by atoms with Crippen LogP contribution in [0.25, 0.3) is 0 Å². The molecule has 0 bridgehead atoms. The van der Waals surface area contributed by atoms with Gasteiger partial charge in [0.15, 0.2) is 0 Å². The predicted molar refractivity (Wildman–Crippen MR) is 157 cm³/mol. The molecule has 0 rings (SSSR count). The second-order valence-electron chi connectivity index (χ2n) is 9.20. The summed E-state index contributed by atoms with van der Waals surface area (Å²) in [4.78, 5) is 25.8. The van der Waals surface area contributed by atoms with E-state index in [9.17, 15) is 14.7 Å². The molecule has 0 heterocycles. The first-order valence-electron chi connectivity index (χ1n) is 12.7. The number of nitrogens with zero attached hydrogens (tertiary/aromatic N) is 3. The number of allylic oxidation sites excluding steroid dienone is 3. The number of hydrogen-bond acceptors (Lipinski definition) is 6. The first kappa shape index (κ1) is 41.3. The quantitative estimate of drug-likeness (QED) is 0.194. The molecule has 7 nitrogen and oxygen atoms in total. The summed E-state index contributed by atoms with van der Waals surface area (Å²) in [7, 11) is 4.96. The smallest absolute Gasteiger partial charge is 0.222 e. The van der Waals surface area contributed by atoms with Crippen molar-refractivity contribution in [3.63, 3.8) is 0 Å². The molecule has 1 amide bonds. The van der Waals surface area contributed by atoms with Gasteiger partial charge >= 0.3 is 0 Å². The van der Waals surface area contributed by atoms with Crippen LogP contribution in [-0.4, -0.2) is 49.8 Å². The van der Waals surface area contributed by atoms with Crippen LogP contribution < -0.4 is 5.32 Å². The van der Waals surface area contributed by atoms with Crippen molar-refractivity contribution in [2.75, 3.05) is 21.1 Å². The molecule has 0 spiro atoms. The number of carbonyl (C=O) groups is 2. The molecule has 0 saturated heterocycles. The Balaban J connectivity index is -0.000000211. The molecule has 0 aromatic carbocycles. The average Bonchev–Trinajstić information content (AvgIpc) is 2.83. The standard InChI is InChI=1S/C10H16ClN3.C8H17NO2.C8H16O.C2H6/c1-6-9(14-13-5)10(7(2)11)8(3)12-4;1-4-7(10)5-6(2)8(11)9-3;1-6(7(2)9)8(3,4)5;1-2/h6H,1-5H3;6-7,10H,4-5H2,1-3H3,(H,9,11);6H,1-5H3;1-2H3/b9-6-,10-7-,12-8?,14-13?;;;/t;6-,7-;6-;/m.01./s1. The Morgan fingerprint density at radius 2 is 1.56 bits per heavy atom. The summed E-state index contributed by atoms with van der Waals surface area (Å²) in [5.41, 5.74) is 2.59. The first-order chi connectivity index (χ1) is 16.5. The average molecular weight is 531 g/mol. The zero-order valence-electron chi connectivity index (χ0n) is 25.7. The molecule has 0 aliphatic carbocycles. The molecule has 2 N–H and O–H groups in total. The molecule has 0 aromatic rings. The van der Waals surface area contributed by atoms with E-state index in [1.807, 2.05) is 61.5 Å². The Bertz CT molecular complexity index is 732. The Morgan fingerprint density at radius 1 is 1.08 bits per heavy atom. The molecule has 0 fully saturated rings. The number of hydrogen-bond donors (Lipinski definition) is 2. The lowest BCUT2D eigenvalue weighted by Crippen LogP contribution is -2.28. The van der Waals surface area contributed by atoms with Crippen LogP contribution in [-0.2, 0) is 9.59 Å². The van der Waals surface area contributed by atoms with E-state index in [2.05, 4.69) is 41.3 Å². The lowest BCUT2D eigenvalue weighted by molar-refractivity contribution is -0.125. The minimum Gasteiger partial charge on any atom is -0.393 e. The number of amides is 1. The number of aliphatic hydroxyl groups excluding tert-OH is 1. The summed E-state index contributed by atoms with van der Waals surface area (Å²) in [6.07, 6.45) is 2.78. The third-order valence-electron chi connectivity index (χ3n) is 5.48. The summed E-state index contributed by atoms with van der Waals surface area (Å²) < 4.78 is 0. The first-order valence-corrected chi connectivity index (χ1v) is 13.1. The van der Waals surface area contributed by atoms with Crippen molar-refractivity contribution in [2.45, 2.75) is 102 Å². The predicted octanol–water partition coefficient (Wildman–Crippen LogP) is 7.39. The fourth-order valence-electron chi connectivity index (χ4n) is 2.62. The zero-order chi connectivity index (χ0) is 29.6. The van der Waals surface area contributed by atoms with E-state index >= 15 is 0 Å². The Hall–Kier alpha value is -1.86. The molecule has 212 valence electrons. The van der Waals surface area contributed by atoms with E-state index in [-0.39, 0.29) is 35.0 Å². The van der Waals surface area contributed by atoms with Gasteiger partial charge < -0.3 is 10.4 Å². The molecule has 0 radical (unpaired) electrons. The minimum atomic E-state index is -0.345. The van der Waals surface area contributed by atoms with Gasteiger partial charge in [-0.2, -0.15) is 10.2 Å². The Kier molecular flexibility index (Phi) is 27.0. The summed E-state index contributed by atoms with van der Waals surface area (Å²) in [6.45, 7) is 23.2. The highest BCUT2D eigenvalue weighted by Crippen LogP contribution is 2.25. The lowest BCUT2D eigenvalue weighted by Gasteiger charge is -2.24. The highest BCUT2D eigenvalue weighted by Gasteiger charge is 2.23. The third-order valence-corrected chi connectivity index (χ3v) is 5.67. The van der Waals surface area contributed by atoms with Crippen molar-refractivity contribution in [1.82, 2.24) is 5.32 Å². The van der Waals surface area contributed by atoms with Crippen LogP contribution in [0.4, 0.5) is 0 Å². The number of Topliss-reactive ketones (excluding diaryl/α,β-unsaturated/α-hetero) is 1. The summed E-state index contributed by atoms with van der Waals surface area (Å²) >= 11 is 5.98. The van der Waals surface area contributed by atoms with E-state index in [1.165, 1.54) is 0 Å². The largest absolute Gasteiger partial charge is 0.393 e. The van der Waals surface area contributed by atoms with Gasteiger partial charge in [-0.3, -0.25) is 14.6 Å². The van der Waals surface area contributed by atoms with Crippen molar-refractivity contribution in [3.8, 4) is 0 Å². The van der Waals surface area contributed by atoms with Gasteiger partial charge in [0.05, 0.1) is 11.8 Å². The fourth-order valence-corrected chi connectivity index (χ4v) is 2.85. The number of nitrogens with one attached hydrogen (secondary N) is 1. The van der Waals surface area contributed by atoms with Crippen molar-refractivity contribution >= 4 is 29.0 Å². The van der Waals surface area contributed by atoms with Crippen molar-refractivity contribution in [3.05, 3.63) is 22.4 Å². The van der Waals surface area contributed by atoms with Crippen molar-refractivity contribution in [2.24, 2.45) is 32.5 Å². The van der Waals surface area contributed by atoms with Crippen LogP contribution in [0.1, 0.15) is 95.9 Å². The number of carbonyl (C=O) groups excluding carboxylic acids is 2. The van der Waals surface area contributed by atoms with Crippen LogP contribution in [0, 0.1) is 17.3 Å². The SMILES string of the molecule is C/C=C(N=NC)/C(C(C)=NC)=C(/C)Cl.CC.CC(=O)[C@@H](C)C(C)(C)C.CC[C@H](O)C[C@H](C)C(=O)NC. The van der Waals surface area contributed by atoms with Crippen LogP contribution in [0.5, 0.6) is 0 Å². The van der Waals surface area contributed by atoms with Gasteiger partial charge in [0.2, 0.25) is 5.91 Å². The van der Waals surface area contributed by atoms with E-state index in [0.29, 0.717) is 17.9 Å². The number of aliphatic imine (C=N–C) groups is 1. The summed E-state index contributed by atoms with van der Waals surface area (Å²) in [6, 6.07) is 0. The van der Waals surface area contributed by atoms with Gasteiger partial charge in [-0.05, 0) is 46.0 Å². The fraction of sp³-hybridized carbons (Fsp3) is 0.750. The van der Waals surface area contributed by atoms with Gasteiger partial charge in [0.1, 0.15) is 5.78 Å². The number of aliphatic hydroxyl groups is 1. The normalized spacial score (nSPS) is 15.0. The minimum absolute atomic E-state index is 0.00231. The third kappa shape index (κ3) is 20.3. The number of azo groups is 1. The van der Waals surface area contributed by atoms with Crippen molar-refractivity contribution < 1.29 is 14.7 Å². The van der Waals surface area contributed by atoms with Gasteiger partial charge in [-0.25, -0.2) is 0 Å². The van der Waals surface area contributed by atoms with E-state index in [1.54, 1.807) is 28.1 Å². The summed E-state index contributed by atoms with van der Waals surface area (Å²) in [5, 5.41) is 20.1. The lowest BCUT2D eigenvalue weighted by atomic mass is 9.80. The number of ketones is 1. The highest BCUT2D eigenvalue weighted by atomic mass is 35.5. The molecule has 8 heteroatoms. The Morgan fingerprint density at radius 3 is 1.78 bits per heavy atom. The van der Waals surface area contributed by atoms with Gasteiger partial charge in [0, 0.05) is 49.3 Å². The molecule has 0 aliphatic heterocycles. The topological polar surface area (TPSA) is 103 Å². The molecular formula is C28H55ClN4O3. The zero-order valence-corrected chi connectivity index (χ0v) is 26.5. The molecule has 36 heavy (non-hydrogen) atoms. The molecule has 0 aliphatic rings. The van der Waals surface area contributed by atoms with Crippen LogP contribution in [0.15, 0.2) is 37.6 Å². The maximum absolute atomic E-state index is 10.9. The van der Waals surface area contributed by atoms with Crippen LogP contribution in [0.3, 0.4) is 0 Å². The second kappa shape index (κ2) is 23.5. The maximum Gasteiger partial charge on any atom is 0.222 e. The van der Waals surface area contributed by atoms with E-state index in [4.69, 9.17) is 11.6 Å². The molecule has 0 aromatic heterocycles. The molecule has 0 saturated carbocycles. The number of halogens is 1. The van der Waals surface area contributed by atoms with Crippen LogP contribution >= 0.6 is 11.6 Å². The summed E-state index contributed by atoms with van der Waals surface area (Å²) in [5.74, 6) is 0.368. The maximum atomic E-state index is 10.9. The van der Waals surface area contributed by atoms with E-state index in [0.717, 1.165) is 17.0 Å². The monoisotopic (exact) mass is 530 g/mol. The van der Waals surface area contributed by atoms with Gasteiger partial charge in [-0.15, -0.1) is 0 Å². The van der Waals surface area contributed by atoms with Gasteiger partial charge in [0.25, 0.3) is 0 Å². The second-order valence-corrected chi connectivity index (χ2v) is 9.77. The molecule has 0 unspecified atom stereocenters. The van der Waals surface area contributed by atoms with Crippen molar-refractivity contribution in [1.29, 1.82) is 0 Å².